The molecule has 144 valence electrons. The molecule has 1 aliphatic rings. The molecule has 0 spiro atoms. The third-order valence-corrected chi connectivity index (χ3v) is 6.83. The van der Waals surface area contributed by atoms with Crippen LogP contribution in [0.2, 0.25) is 0 Å². The van der Waals surface area contributed by atoms with Crippen LogP contribution in [-0.2, 0) is 27.8 Å². The zero-order valence-corrected chi connectivity index (χ0v) is 17.1. The molecule has 0 bridgehead atoms. The van der Waals surface area contributed by atoms with E-state index in [0.717, 1.165) is 16.7 Å². The van der Waals surface area contributed by atoms with Gasteiger partial charge in [0.25, 0.3) is 0 Å². The molecule has 0 saturated heterocycles. The molecule has 2 aromatic carbocycles. The highest BCUT2D eigenvalue weighted by Crippen LogP contribution is 2.24. The minimum absolute atomic E-state index is 0.128. The first-order chi connectivity index (χ1) is 12.9. The summed E-state index contributed by atoms with van der Waals surface area (Å²) in [6.45, 7) is 3.01. The summed E-state index contributed by atoms with van der Waals surface area (Å²) in [7, 11) is -3.61. The van der Waals surface area contributed by atoms with E-state index in [1.807, 2.05) is 54.5 Å². The summed E-state index contributed by atoms with van der Waals surface area (Å²) >= 11 is 1.52. The third-order valence-electron chi connectivity index (χ3n) is 4.75. The molecule has 0 aliphatic carbocycles. The van der Waals surface area contributed by atoms with Crippen molar-refractivity contribution in [3.63, 3.8) is 0 Å². The van der Waals surface area contributed by atoms with Crippen LogP contribution in [0.4, 0.5) is 0 Å². The molecule has 1 atom stereocenters. The molecule has 1 aliphatic heterocycles. The Morgan fingerprint density at radius 3 is 2.63 bits per heavy atom. The van der Waals surface area contributed by atoms with E-state index in [1.54, 1.807) is 12.1 Å². The van der Waals surface area contributed by atoms with Crippen LogP contribution in [0.5, 0.6) is 0 Å². The second kappa shape index (κ2) is 8.46. The highest BCUT2D eigenvalue weighted by Gasteiger charge is 2.24. The van der Waals surface area contributed by atoms with Gasteiger partial charge in [-0.05, 0) is 48.4 Å². The molecule has 1 N–H and O–H groups in total. The maximum absolute atomic E-state index is 12.8. The predicted octanol–water partition coefficient (Wildman–Crippen LogP) is 2.97. The Morgan fingerprint density at radius 1 is 1.19 bits per heavy atom. The van der Waals surface area contributed by atoms with Crippen molar-refractivity contribution in [3.05, 3.63) is 65.2 Å². The van der Waals surface area contributed by atoms with Gasteiger partial charge in [0.2, 0.25) is 15.9 Å². The van der Waals surface area contributed by atoms with Crippen LogP contribution in [0.3, 0.4) is 0 Å². The molecule has 0 saturated carbocycles. The van der Waals surface area contributed by atoms with Gasteiger partial charge < -0.3 is 4.90 Å². The number of nitrogens with zero attached hydrogens (tertiary/aromatic N) is 1. The standard InChI is InChI=1S/C20H24N2O3S2/c1-15(16-6-4-3-5-7-16)21-27(24,25)19-9-8-18-13-22(20(23)14-26-2)11-10-17(18)12-19/h3-9,12,15,21H,10-11,13-14H2,1-2H3/t15-/m1/s1. The zero-order valence-electron chi connectivity index (χ0n) is 15.5. The molecule has 5 nitrogen and oxygen atoms in total. The van der Waals surface area contributed by atoms with Crippen molar-refractivity contribution >= 4 is 27.7 Å². The number of carbonyl (C=O) groups is 1. The normalized spacial score (nSPS) is 15.3. The number of fused-ring (bicyclic) bond motifs is 1. The summed E-state index contributed by atoms with van der Waals surface area (Å²) in [6, 6.07) is 14.4. The highest BCUT2D eigenvalue weighted by atomic mass is 32.2. The van der Waals surface area contributed by atoms with Gasteiger partial charge in [-0.3, -0.25) is 4.79 Å². The van der Waals surface area contributed by atoms with E-state index in [0.29, 0.717) is 25.3 Å². The van der Waals surface area contributed by atoms with Gasteiger partial charge >= 0.3 is 0 Å². The van der Waals surface area contributed by atoms with E-state index in [1.165, 1.54) is 11.8 Å². The molecule has 1 amide bonds. The van der Waals surface area contributed by atoms with Crippen molar-refractivity contribution in [3.8, 4) is 0 Å². The minimum atomic E-state index is -3.61. The lowest BCUT2D eigenvalue weighted by atomic mass is 10.00. The molecule has 7 heteroatoms. The summed E-state index contributed by atoms with van der Waals surface area (Å²) < 4.78 is 28.3. The number of sulfonamides is 1. The Labute approximate surface area is 165 Å². The van der Waals surface area contributed by atoms with Gasteiger partial charge in [-0.2, -0.15) is 11.8 Å². The predicted molar refractivity (Wildman–Crippen MR) is 109 cm³/mol. The van der Waals surface area contributed by atoms with Crippen molar-refractivity contribution < 1.29 is 13.2 Å². The molecule has 0 aromatic heterocycles. The maximum atomic E-state index is 12.8. The van der Waals surface area contributed by atoms with Gasteiger partial charge in [-0.15, -0.1) is 0 Å². The second-order valence-electron chi connectivity index (χ2n) is 6.68. The van der Waals surface area contributed by atoms with Crippen LogP contribution >= 0.6 is 11.8 Å². The van der Waals surface area contributed by atoms with Crippen molar-refractivity contribution in [1.29, 1.82) is 0 Å². The fraction of sp³-hybridized carbons (Fsp3) is 0.350. The average molecular weight is 405 g/mol. The number of carbonyl (C=O) groups excluding carboxylic acids is 1. The number of rotatable bonds is 6. The summed E-state index contributed by atoms with van der Waals surface area (Å²) in [5.41, 5.74) is 2.94. The molecule has 0 fully saturated rings. The second-order valence-corrected chi connectivity index (χ2v) is 9.26. The van der Waals surface area contributed by atoms with Gasteiger partial charge in [0, 0.05) is 19.1 Å². The van der Waals surface area contributed by atoms with Crippen molar-refractivity contribution in [2.45, 2.75) is 30.8 Å². The molecule has 3 rings (SSSR count). The molecule has 0 unspecified atom stereocenters. The first kappa shape index (κ1) is 19.9. The number of hydrogen-bond acceptors (Lipinski definition) is 4. The van der Waals surface area contributed by atoms with Crippen molar-refractivity contribution in [2.24, 2.45) is 0 Å². The van der Waals surface area contributed by atoms with Crippen LogP contribution in [-0.4, -0.2) is 37.8 Å². The van der Waals surface area contributed by atoms with Gasteiger partial charge in [-0.25, -0.2) is 13.1 Å². The number of thioether (sulfide) groups is 1. The Kier molecular flexibility index (Phi) is 6.24. The van der Waals surface area contributed by atoms with E-state index < -0.39 is 10.0 Å². The number of hydrogen-bond donors (Lipinski definition) is 1. The quantitative estimate of drug-likeness (QED) is 0.804. The summed E-state index contributed by atoms with van der Waals surface area (Å²) in [5.74, 6) is 0.603. The number of nitrogens with one attached hydrogen (secondary N) is 1. The smallest absolute Gasteiger partial charge is 0.241 e. The lowest BCUT2D eigenvalue weighted by Crippen LogP contribution is -2.37. The Morgan fingerprint density at radius 2 is 1.93 bits per heavy atom. The topological polar surface area (TPSA) is 66.5 Å². The lowest BCUT2D eigenvalue weighted by molar-refractivity contribution is -0.129. The fourth-order valence-electron chi connectivity index (χ4n) is 3.23. The third kappa shape index (κ3) is 4.72. The van der Waals surface area contributed by atoms with Crippen LogP contribution in [0.15, 0.2) is 53.4 Å². The van der Waals surface area contributed by atoms with E-state index >= 15 is 0 Å². The number of amides is 1. The van der Waals surface area contributed by atoms with E-state index in [9.17, 15) is 13.2 Å². The van der Waals surface area contributed by atoms with Crippen LogP contribution < -0.4 is 4.72 Å². The summed E-state index contributed by atoms with van der Waals surface area (Å²) in [6.07, 6.45) is 2.59. The molecular weight excluding hydrogens is 380 g/mol. The Hall–Kier alpha value is -1.83. The Bertz CT molecular complexity index is 914. The van der Waals surface area contributed by atoms with Crippen LogP contribution in [0.1, 0.15) is 29.7 Å². The minimum Gasteiger partial charge on any atom is -0.337 e. The van der Waals surface area contributed by atoms with Crippen molar-refractivity contribution in [1.82, 2.24) is 9.62 Å². The van der Waals surface area contributed by atoms with Gasteiger partial charge in [0.15, 0.2) is 0 Å². The fourth-order valence-corrected chi connectivity index (χ4v) is 4.95. The Balaban J connectivity index is 1.76. The molecule has 2 aromatic rings. The van der Waals surface area contributed by atoms with E-state index in [4.69, 9.17) is 0 Å². The van der Waals surface area contributed by atoms with Crippen molar-refractivity contribution in [2.75, 3.05) is 18.6 Å². The highest BCUT2D eigenvalue weighted by molar-refractivity contribution is 7.99. The monoisotopic (exact) mass is 404 g/mol. The van der Waals surface area contributed by atoms with Crippen LogP contribution in [0, 0.1) is 0 Å². The summed E-state index contributed by atoms with van der Waals surface area (Å²) in [5, 5.41) is 0. The van der Waals surface area contributed by atoms with Gasteiger partial charge in [0.05, 0.1) is 10.6 Å². The molecular formula is C20H24N2O3S2. The first-order valence-electron chi connectivity index (χ1n) is 8.86. The van der Waals surface area contributed by atoms with E-state index in [-0.39, 0.29) is 16.8 Å². The molecule has 1 heterocycles. The van der Waals surface area contributed by atoms with Gasteiger partial charge in [-0.1, -0.05) is 36.4 Å². The van der Waals surface area contributed by atoms with Gasteiger partial charge in [0.1, 0.15) is 0 Å². The largest absolute Gasteiger partial charge is 0.337 e. The molecule has 0 radical (unpaired) electrons. The SMILES string of the molecule is CSCC(=O)N1CCc2cc(S(=O)(=O)N[C@H](C)c3ccccc3)ccc2C1. The lowest BCUT2D eigenvalue weighted by Gasteiger charge is -2.29. The molecule has 27 heavy (non-hydrogen) atoms. The zero-order chi connectivity index (χ0) is 19.4. The van der Waals surface area contributed by atoms with E-state index in [2.05, 4.69) is 4.72 Å². The summed E-state index contributed by atoms with van der Waals surface area (Å²) in [4.78, 5) is 14.2. The maximum Gasteiger partial charge on any atom is 0.241 e. The van der Waals surface area contributed by atoms with Crippen LogP contribution in [0.25, 0.3) is 0 Å². The average Bonchev–Trinajstić information content (AvgIpc) is 2.67. The first-order valence-corrected chi connectivity index (χ1v) is 11.7. The number of benzene rings is 2.